The molecule has 29 heavy (non-hydrogen) atoms. The van der Waals surface area contributed by atoms with Crippen molar-refractivity contribution in [2.24, 2.45) is 5.92 Å². The minimum absolute atomic E-state index is 0.0769. The summed E-state index contributed by atoms with van der Waals surface area (Å²) in [6, 6.07) is 13.5. The van der Waals surface area contributed by atoms with E-state index in [9.17, 15) is 14.0 Å². The van der Waals surface area contributed by atoms with E-state index in [0.717, 1.165) is 11.1 Å². The lowest BCUT2D eigenvalue weighted by Gasteiger charge is -2.31. The molecule has 0 spiro atoms. The molecule has 0 fully saturated rings. The smallest absolute Gasteiger partial charge is 0.242 e. The summed E-state index contributed by atoms with van der Waals surface area (Å²) in [7, 11) is 0. The highest BCUT2D eigenvalue weighted by Crippen LogP contribution is 2.17. The lowest BCUT2D eigenvalue weighted by atomic mass is 10.1. The van der Waals surface area contributed by atoms with Gasteiger partial charge in [-0.25, -0.2) is 4.39 Å². The summed E-state index contributed by atoms with van der Waals surface area (Å²) >= 11 is 0. The van der Waals surface area contributed by atoms with Crippen molar-refractivity contribution in [3.63, 3.8) is 0 Å². The van der Waals surface area contributed by atoms with Crippen LogP contribution in [0.15, 0.2) is 48.5 Å². The Morgan fingerprint density at radius 1 is 1.10 bits per heavy atom. The standard InChI is InChI=1S/C24H31FN2O2/c1-5-22(24(29)26-15-17(2)3)27(16-19-10-8-9-18(4)13-19)23(28)14-20-11-6-7-12-21(20)25/h6-13,17,22H,5,14-16H2,1-4H3,(H,26,29). The van der Waals surface area contributed by atoms with Gasteiger partial charge in [-0.2, -0.15) is 0 Å². The second kappa shape index (κ2) is 10.7. The minimum atomic E-state index is -0.603. The summed E-state index contributed by atoms with van der Waals surface area (Å²) in [6.07, 6.45) is 0.408. The van der Waals surface area contributed by atoms with E-state index in [1.54, 1.807) is 23.1 Å². The summed E-state index contributed by atoms with van der Waals surface area (Å²) < 4.78 is 14.1. The molecule has 0 aliphatic carbocycles. The van der Waals surface area contributed by atoms with Gasteiger partial charge in [0.25, 0.3) is 0 Å². The van der Waals surface area contributed by atoms with E-state index in [-0.39, 0.29) is 18.2 Å². The normalized spacial score (nSPS) is 11.9. The minimum Gasteiger partial charge on any atom is -0.354 e. The second-order valence-corrected chi connectivity index (χ2v) is 7.84. The molecule has 1 unspecified atom stereocenters. The third kappa shape index (κ3) is 6.70. The fourth-order valence-electron chi connectivity index (χ4n) is 3.26. The lowest BCUT2D eigenvalue weighted by molar-refractivity contribution is -0.141. The summed E-state index contributed by atoms with van der Waals surface area (Å²) in [5.74, 6) is -0.525. The number of nitrogens with zero attached hydrogens (tertiary/aromatic N) is 1. The van der Waals surface area contributed by atoms with Crippen LogP contribution in [0, 0.1) is 18.7 Å². The Bertz CT molecular complexity index is 835. The summed E-state index contributed by atoms with van der Waals surface area (Å²) in [6.45, 7) is 8.78. The Labute approximate surface area is 173 Å². The molecule has 0 heterocycles. The van der Waals surface area contributed by atoms with Gasteiger partial charge >= 0.3 is 0 Å². The van der Waals surface area contributed by atoms with Gasteiger partial charge in [-0.3, -0.25) is 9.59 Å². The van der Waals surface area contributed by atoms with Gasteiger partial charge in [0.05, 0.1) is 6.42 Å². The van der Waals surface area contributed by atoms with Crippen molar-refractivity contribution in [2.75, 3.05) is 6.54 Å². The van der Waals surface area contributed by atoms with Gasteiger partial charge in [-0.05, 0) is 36.5 Å². The van der Waals surface area contributed by atoms with Gasteiger partial charge in [0.1, 0.15) is 11.9 Å². The predicted molar refractivity (Wildman–Crippen MR) is 114 cm³/mol. The number of hydrogen-bond donors (Lipinski definition) is 1. The largest absolute Gasteiger partial charge is 0.354 e. The molecule has 0 saturated carbocycles. The zero-order valence-corrected chi connectivity index (χ0v) is 17.7. The van der Waals surface area contributed by atoms with Crippen LogP contribution in [0.5, 0.6) is 0 Å². The lowest BCUT2D eigenvalue weighted by Crippen LogP contribution is -2.50. The fraction of sp³-hybridized carbons (Fsp3) is 0.417. The molecule has 2 rings (SSSR count). The van der Waals surface area contributed by atoms with Crippen LogP contribution in [-0.4, -0.2) is 29.3 Å². The number of aryl methyl sites for hydroxylation is 1. The van der Waals surface area contributed by atoms with Gasteiger partial charge in [-0.1, -0.05) is 68.8 Å². The number of nitrogens with one attached hydrogen (secondary N) is 1. The van der Waals surface area contributed by atoms with Crippen molar-refractivity contribution >= 4 is 11.8 Å². The van der Waals surface area contributed by atoms with Crippen LogP contribution < -0.4 is 5.32 Å². The van der Waals surface area contributed by atoms with Gasteiger partial charge in [0.2, 0.25) is 11.8 Å². The van der Waals surface area contributed by atoms with Crippen molar-refractivity contribution in [1.82, 2.24) is 10.2 Å². The summed E-state index contributed by atoms with van der Waals surface area (Å²) in [5.41, 5.74) is 2.37. The highest BCUT2D eigenvalue weighted by molar-refractivity contribution is 5.88. The van der Waals surface area contributed by atoms with E-state index in [1.165, 1.54) is 6.07 Å². The van der Waals surface area contributed by atoms with Gasteiger partial charge < -0.3 is 10.2 Å². The molecule has 156 valence electrons. The number of carbonyl (C=O) groups is 2. The Hall–Kier alpha value is -2.69. The number of hydrogen-bond acceptors (Lipinski definition) is 2. The number of amides is 2. The summed E-state index contributed by atoms with van der Waals surface area (Å²) in [5, 5.41) is 2.93. The predicted octanol–water partition coefficient (Wildman–Crippen LogP) is 4.26. The van der Waals surface area contributed by atoms with Crippen molar-refractivity contribution in [1.29, 1.82) is 0 Å². The van der Waals surface area contributed by atoms with E-state index in [2.05, 4.69) is 5.32 Å². The SMILES string of the molecule is CCC(C(=O)NCC(C)C)N(Cc1cccc(C)c1)C(=O)Cc1ccccc1F. The van der Waals surface area contributed by atoms with Crippen LogP contribution in [0.25, 0.3) is 0 Å². The van der Waals surface area contributed by atoms with Crippen LogP contribution in [-0.2, 0) is 22.6 Å². The number of rotatable bonds is 9. The van der Waals surface area contributed by atoms with Crippen LogP contribution in [0.1, 0.15) is 43.9 Å². The number of benzene rings is 2. The molecular formula is C24H31FN2O2. The van der Waals surface area contributed by atoms with E-state index in [4.69, 9.17) is 0 Å². The Morgan fingerprint density at radius 2 is 1.83 bits per heavy atom. The first-order valence-electron chi connectivity index (χ1n) is 10.2. The molecule has 1 atom stereocenters. The highest BCUT2D eigenvalue weighted by atomic mass is 19.1. The molecule has 0 aromatic heterocycles. The van der Waals surface area contributed by atoms with Crippen molar-refractivity contribution in [2.45, 2.75) is 53.1 Å². The van der Waals surface area contributed by atoms with Crippen LogP contribution in [0.3, 0.4) is 0 Å². The van der Waals surface area contributed by atoms with E-state index in [1.807, 2.05) is 52.0 Å². The van der Waals surface area contributed by atoms with Crippen LogP contribution >= 0.6 is 0 Å². The van der Waals surface area contributed by atoms with Crippen molar-refractivity contribution < 1.29 is 14.0 Å². The molecule has 2 aromatic rings. The molecule has 2 aromatic carbocycles. The van der Waals surface area contributed by atoms with Crippen LogP contribution in [0.2, 0.25) is 0 Å². The highest BCUT2D eigenvalue weighted by Gasteiger charge is 2.29. The maximum Gasteiger partial charge on any atom is 0.242 e. The van der Waals surface area contributed by atoms with Crippen molar-refractivity contribution in [3.8, 4) is 0 Å². The van der Waals surface area contributed by atoms with E-state index >= 15 is 0 Å². The molecule has 4 nitrogen and oxygen atoms in total. The molecule has 5 heteroatoms. The first-order valence-corrected chi connectivity index (χ1v) is 10.2. The Balaban J connectivity index is 2.29. The van der Waals surface area contributed by atoms with E-state index in [0.29, 0.717) is 31.0 Å². The Morgan fingerprint density at radius 3 is 2.45 bits per heavy atom. The van der Waals surface area contributed by atoms with Gasteiger partial charge in [0.15, 0.2) is 0 Å². The first kappa shape index (κ1) is 22.6. The van der Waals surface area contributed by atoms with Crippen LogP contribution in [0.4, 0.5) is 4.39 Å². The van der Waals surface area contributed by atoms with Gasteiger partial charge in [-0.15, -0.1) is 0 Å². The molecule has 1 N–H and O–H groups in total. The molecule has 0 aliphatic heterocycles. The Kier molecular flexibility index (Phi) is 8.37. The number of carbonyl (C=O) groups excluding carboxylic acids is 2. The average molecular weight is 399 g/mol. The topological polar surface area (TPSA) is 49.4 Å². The van der Waals surface area contributed by atoms with Crippen molar-refractivity contribution in [3.05, 3.63) is 71.0 Å². The molecule has 0 aliphatic rings. The third-order valence-electron chi connectivity index (χ3n) is 4.81. The van der Waals surface area contributed by atoms with Gasteiger partial charge in [0, 0.05) is 13.1 Å². The average Bonchev–Trinajstić information content (AvgIpc) is 2.68. The number of halogens is 1. The molecular weight excluding hydrogens is 367 g/mol. The summed E-state index contributed by atoms with van der Waals surface area (Å²) in [4.78, 5) is 27.6. The molecule has 2 amide bonds. The molecule has 0 bridgehead atoms. The molecule has 0 radical (unpaired) electrons. The zero-order valence-electron chi connectivity index (χ0n) is 17.7. The quantitative estimate of drug-likeness (QED) is 0.686. The monoisotopic (exact) mass is 398 g/mol. The first-order chi connectivity index (χ1) is 13.8. The zero-order chi connectivity index (χ0) is 21.4. The third-order valence-corrected chi connectivity index (χ3v) is 4.81. The second-order valence-electron chi connectivity index (χ2n) is 7.84. The maximum atomic E-state index is 14.1. The maximum absolute atomic E-state index is 14.1. The fourth-order valence-corrected chi connectivity index (χ4v) is 3.26. The molecule has 0 saturated heterocycles. The van der Waals surface area contributed by atoms with E-state index < -0.39 is 11.9 Å².